The molecule has 0 aliphatic carbocycles. The summed E-state index contributed by atoms with van der Waals surface area (Å²) in [6.07, 6.45) is 0. The van der Waals surface area contributed by atoms with Crippen LogP contribution in [-0.2, 0) is 9.84 Å². The van der Waals surface area contributed by atoms with Crippen molar-refractivity contribution in [2.45, 2.75) is 25.1 Å². The second-order valence-electron chi connectivity index (χ2n) is 5.12. The lowest BCUT2D eigenvalue weighted by molar-refractivity contribution is 0.171. The summed E-state index contributed by atoms with van der Waals surface area (Å²) in [6.45, 7) is 4.46. The Morgan fingerprint density at radius 3 is 2.45 bits per heavy atom. The summed E-state index contributed by atoms with van der Waals surface area (Å²) in [5.41, 5.74) is 0.890. The molecule has 1 N–H and O–H groups in total. The van der Waals surface area contributed by atoms with Crippen molar-refractivity contribution in [1.82, 2.24) is 5.32 Å². The van der Waals surface area contributed by atoms with Gasteiger partial charge in [0.25, 0.3) is 0 Å². The summed E-state index contributed by atoms with van der Waals surface area (Å²) in [6, 6.07) is 5.31. The summed E-state index contributed by atoms with van der Waals surface area (Å²) >= 11 is 0. The SMILES string of the molecule is CNC(CS(=O)(=O)C(C)C)c1ccc2c(c1)OCCO2. The van der Waals surface area contributed by atoms with E-state index in [4.69, 9.17) is 9.47 Å². The average molecular weight is 299 g/mol. The number of hydrogen-bond acceptors (Lipinski definition) is 5. The van der Waals surface area contributed by atoms with Crippen LogP contribution in [0.4, 0.5) is 0 Å². The first kappa shape index (κ1) is 15.1. The third-order valence-electron chi connectivity index (χ3n) is 3.43. The highest BCUT2D eigenvalue weighted by Gasteiger charge is 2.24. The first-order valence-electron chi connectivity index (χ1n) is 6.72. The molecule has 0 saturated carbocycles. The van der Waals surface area contributed by atoms with Gasteiger partial charge in [0.15, 0.2) is 21.3 Å². The zero-order valence-corrected chi connectivity index (χ0v) is 12.9. The highest BCUT2D eigenvalue weighted by atomic mass is 32.2. The van der Waals surface area contributed by atoms with Crippen LogP contribution in [0.25, 0.3) is 0 Å². The van der Waals surface area contributed by atoms with Gasteiger partial charge in [-0.15, -0.1) is 0 Å². The van der Waals surface area contributed by atoms with Crippen molar-refractivity contribution in [3.05, 3.63) is 23.8 Å². The Bertz CT molecular complexity index is 569. The minimum atomic E-state index is -3.11. The van der Waals surface area contributed by atoms with Crippen LogP contribution in [0.2, 0.25) is 0 Å². The number of fused-ring (bicyclic) bond motifs is 1. The second kappa shape index (κ2) is 6.01. The molecule has 1 heterocycles. The third kappa shape index (κ3) is 3.24. The number of nitrogens with one attached hydrogen (secondary N) is 1. The van der Waals surface area contributed by atoms with Crippen LogP contribution < -0.4 is 14.8 Å². The van der Waals surface area contributed by atoms with E-state index in [1.54, 1.807) is 20.9 Å². The summed E-state index contributed by atoms with van der Waals surface area (Å²) < 4.78 is 35.1. The first-order valence-corrected chi connectivity index (χ1v) is 8.44. The lowest BCUT2D eigenvalue weighted by Gasteiger charge is -2.22. The Morgan fingerprint density at radius 1 is 1.20 bits per heavy atom. The van der Waals surface area contributed by atoms with Crippen molar-refractivity contribution in [3.8, 4) is 11.5 Å². The van der Waals surface area contributed by atoms with E-state index >= 15 is 0 Å². The molecular weight excluding hydrogens is 278 g/mol. The van der Waals surface area contributed by atoms with Crippen LogP contribution in [0, 0.1) is 0 Å². The van der Waals surface area contributed by atoms with Gasteiger partial charge in [-0.2, -0.15) is 0 Å². The molecule has 1 aromatic carbocycles. The largest absolute Gasteiger partial charge is 0.486 e. The number of rotatable bonds is 5. The van der Waals surface area contributed by atoms with E-state index in [0.29, 0.717) is 24.7 Å². The highest BCUT2D eigenvalue weighted by Crippen LogP contribution is 2.33. The molecule has 1 aromatic rings. The van der Waals surface area contributed by atoms with Gasteiger partial charge in [0.2, 0.25) is 0 Å². The topological polar surface area (TPSA) is 64.6 Å². The smallest absolute Gasteiger partial charge is 0.161 e. The monoisotopic (exact) mass is 299 g/mol. The number of ether oxygens (including phenoxy) is 2. The van der Waals surface area contributed by atoms with Crippen LogP contribution in [0.3, 0.4) is 0 Å². The molecule has 112 valence electrons. The molecule has 0 fully saturated rings. The van der Waals surface area contributed by atoms with Gasteiger partial charge in [-0.3, -0.25) is 0 Å². The van der Waals surface area contributed by atoms with E-state index in [1.165, 1.54) is 0 Å². The molecule has 5 nitrogen and oxygen atoms in total. The maximum absolute atomic E-state index is 12.1. The van der Waals surface area contributed by atoms with Gasteiger partial charge in [0.05, 0.1) is 11.0 Å². The zero-order chi connectivity index (χ0) is 14.8. The molecule has 6 heteroatoms. The molecule has 1 unspecified atom stereocenters. The average Bonchev–Trinajstić information content (AvgIpc) is 2.44. The molecule has 1 atom stereocenters. The summed E-state index contributed by atoms with van der Waals surface area (Å²) in [5.74, 6) is 1.46. The van der Waals surface area contributed by atoms with Crippen LogP contribution in [-0.4, -0.2) is 39.7 Å². The minimum Gasteiger partial charge on any atom is -0.486 e. The Hall–Kier alpha value is -1.27. The Balaban J connectivity index is 2.24. The van der Waals surface area contributed by atoms with Crippen LogP contribution in [0.1, 0.15) is 25.5 Å². The van der Waals surface area contributed by atoms with Crippen molar-refractivity contribution in [3.63, 3.8) is 0 Å². The quantitative estimate of drug-likeness (QED) is 0.893. The molecule has 0 spiro atoms. The number of hydrogen-bond donors (Lipinski definition) is 1. The van der Waals surface area contributed by atoms with Crippen LogP contribution >= 0.6 is 0 Å². The predicted molar refractivity (Wildman–Crippen MR) is 78.2 cm³/mol. The van der Waals surface area contributed by atoms with Crippen molar-refractivity contribution in [2.75, 3.05) is 26.0 Å². The van der Waals surface area contributed by atoms with Gasteiger partial charge in [-0.25, -0.2) is 8.42 Å². The Morgan fingerprint density at radius 2 is 1.85 bits per heavy atom. The second-order valence-corrected chi connectivity index (χ2v) is 7.72. The Kier molecular flexibility index (Phi) is 4.55. The lowest BCUT2D eigenvalue weighted by atomic mass is 10.1. The molecule has 0 amide bonds. The molecule has 0 aromatic heterocycles. The molecule has 0 saturated heterocycles. The van der Waals surface area contributed by atoms with E-state index in [1.807, 2.05) is 18.2 Å². The van der Waals surface area contributed by atoms with E-state index in [-0.39, 0.29) is 17.0 Å². The van der Waals surface area contributed by atoms with Gasteiger partial charge in [-0.05, 0) is 38.6 Å². The summed E-state index contributed by atoms with van der Waals surface area (Å²) in [4.78, 5) is 0. The third-order valence-corrected chi connectivity index (χ3v) is 5.67. The minimum absolute atomic E-state index is 0.0702. The summed E-state index contributed by atoms with van der Waals surface area (Å²) in [7, 11) is -1.35. The van der Waals surface area contributed by atoms with Gasteiger partial charge >= 0.3 is 0 Å². The van der Waals surface area contributed by atoms with Gasteiger partial charge in [-0.1, -0.05) is 6.07 Å². The fourth-order valence-electron chi connectivity index (χ4n) is 2.05. The van der Waals surface area contributed by atoms with E-state index in [0.717, 1.165) is 5.56 Å². The molecule has 2 rings (SSSR count). The van der Waals surface area contributed by atoms with Crippen molar-refractivity contribution >= 4 is 9.84 Å². The highest BCUT2D eigenvalue weighted by molar-refractivity contribution is 7.92. The van der Waals surface area contributed by atoms with Crippen LogP contribution in [0.5, 0.6) is 11.5 Å². The van der Waals surface area contributed by atoms with E-state index < -0.39 is 9.84 Å². The van der Waals surface area contributed by atoms with Crippen molar-refractivity contribution in [2.24, 2.45) is 0 Å². The maximum Gasteiger partial charge on any atom is 0.161 e. The maximum atomic E-state index is 12.1. The van der Waals surface area contributed by atoms with Gasteiger partial charge in [0, 0.05) is 6.04 Å². The van der Waals surface area contributed by atoms with Crippen LogP contribution in [0.15, 0.2) is 18.2 Å². The number of sulfone groups is 1. The molecule has 0 radical (unpaired) electrons. The Labute approximate surface area is 120 Å². The van der Waals surface area contributed by atoms with E-state index in [9.17, 15) is 8.42 Å². The normalized spacial score (nSPS) is 16.2. The van der Waals surface area contributed by atoms with Gasteiger partial charge in [0.1, 0.15) is 13.2 Å². The standard InChI is InChI=1S/C14H21NO4S/c1-10(2)20(16,17)9-12(15-3)11-4-5-13-14(8-11)19-7-6-18-13/h4-5,8,10,12,15H,6-7,9H2,1-3H3. The molecule has 1 aliphatic rings. The number of benzene rings is 1. The van der Waals surface area contributed by atoms with Gasteiger partial charge < -0.3 is 14.8 Å². The molecule has 0 bridgehead atoms. The van der Waals surface area contributed by atoms with Crippen molar-refractivity contribution in [1.29, 1.82) is 0 Å². The molecule has 1 aliphatic heterocycles. The molecule has 20 heavy (non-hydrogen) atoms. The fraction of sp³-hybridized carbons (Fsp3) is 0.571. The predicted octanol–water partition coefficient (Wildman–Crippen LogP) is 1.54. The van der Waals surface area contributed by atoms with E-state index in [2.05, 4.69) is 5.32 Å². The fourth-order valence-corrected chi connectivity index (χ4v) is 3.26. The van der Waals surface area contributed by atoms with Crippen molar-refractivity contribution < 1.29 is 17.9 Å². The lowest BCUT2D eigenvalue weighted by Crippen LogP contribution is -2.29. The zero-order valence-electron chi connectivity index (χ0n) is 12.0. The first-order chi connectivity index (χ1) is 9.44. The molecular formula is C14H21NO4S. The summed E-state index contributed by atoms with van der Waals surface area (Å²) in [5, 5.41) is 2.68.